The van der Waals surface area contributed by atoms with Gasteiger partial charge in [0.05, 0.1) is 138 Å². The number of carbonyl (C=O) groups is 2. The number of esters is 2. The summed E-state index contributed by atoms with van der Waals surface area (Å²) >= 11 is 0. The second kappa shape index (κ2) is 51.9. The third-order valence-corrected chi connectivity index (χ3v) is 5.73. The van der Waals surface area contributed by atoms with Gasteiger partial charge in [0.25, 0.3) is 0 Å². The Morgan fingerprint density at radius 1 is 0.490 bits per heavy atom. The molecule has 0 aliphatic heterocycles. The van der Waals surface area contributed by atoms with Crippen molar-refractivity contribution >= 4 is 11.9 Å². The molecule has 0 radical (unpaired) electrons. The van der Waals surface area contributed by atoms with Crippen LogP contribution in [0.1, 0.15) is 72.6 Å². The monoisotopic (exact) mass is 736 g/mol. The minimum Gasteiger partial charge on any atom is -0.466 e. The third kappa shape index (κ3) is 57.2. The van der Waals surface area contributed by atoms with E-state index in [-0.39, 0.29) is 24.8 Å². The van der Waals surface area contributed by atoms with E-state index >= 15 is 0 Å². The summed E-state index contributed by atoms with van der Waals surface area (Å²) in [6, 6.07) is 1.99. The second-order valence-electron chi connectivity index (χ2n) is 10.1. The molecule has 15 nitrogen and oxygen atoms in total. The first-order valence-electron chi connectivity index (χ1n) is 18.2. The molecule has 0 aliphatic rings. The molecule has 0 atom stereocenters. The van der Waals surface area contributed by atoms with Crippen molar-refractivity contribution in [2.24, 2.45) is 0 Å². The minimum atomic E-state index is -0.256. The molecule has 0 bridgehead atoms. The normalized spacial score (nSPS) is 10.2. The topological polar surface area (TPSA) is 164 Å². The van der Waals surface area contributed by atoms with Gasteiger partial charge in [0.15, 0.2) is 0 Å². The highest BCUT2D eigenvalue weighted by Crippen LogP contribution is 1.92. The Labute approximate surface area is 307 Å². The van der Waals surface area contributed by atoms with E-state index in [1.54, 1.807) is 13.8 Å². The summed E-state index contributed by atoms with van der Waals surface area (Å²) in [6.45, 7) is 25.3. The molecule has 0 spiro atoms. The highest BCUT2D eigenvalue weighted by molar-refractivity contribution is 5.69. The van der Waals surface area contributed by atoms with Crippen molar-refractivity contribution in [2.75, 3.05) is 139 Å². The van der Waals surface area contributed by atoms with E-state index in [1.165, 1.54) is 12.8 Å². The Hall–Kier alpha value is -2.44. The highest BCUT2D eigenvalue weighted by Gasteiger charge is 2.02. The van der Waals surface area contributed by atoms with E-state index in [1.807, 2.05) is 6.07 Å². The van der Waals surface area contributed by atoms with Crippen molar-refractivity contribution < 1.29 is 61.7 Å². The maximum Gasteiger partial charge on any atom is 0.308 e. The summed E-state index contributed by atoms with van der Waals surface area (Å²) in [4.78, 5) is 25.1. The first-order chi connectivity index (χ1) is 25.0. The van der Waals surface area contributed by atoms with Gasteiger partial charge >= 0.3 is 11.9 Å². The fourth-order valence-corrected chi connectivity index (χ4v) is 3.12. The van der Waals surface area contributed by atoms with Crippen LogP contribution in [0.25, 0.3) is 4.85 Å². The lowest BCUT2D eigenvalue weighted by molar-refractivity contribution is -0.145. The Kier molecular flexibility index (Phi) is 53.9. The Balaban J connectivity index is -0.000000693. The molecule has 0 aliphatic carbocycles. The molecule has 0 heterocycles. The number of carbonyl (C=O) groups excluding carboxylic acids is 2. The summed E-state index contributed by atoms with van der Waals surface area (Å²) in [5.74, 6) is -0.512. The number of unbranched alkanes of at least 4 members (excludes halogenated alkanes) is 2. The molecule has 0 saturated carbocycles. The average molecular weight is 737 g/mol. The molecule has 0 unspecified atom stereocenters. The smallest absolute Gasteiger partial charge is 0.308 e. The Bertz CT molecular complexity index is 719. The van der Waals surface area contributed by atoms with Gasteiger partial charge in [-0.2, -0.15) is 5.26 Å². The van der Waals surface area contributed by atoms with Crippen LogP contribution >= 0.6 is 0 Å². The molecule has 0 aromatic rings. The van der Waals surface area contributed by atoms with Crippen molar-refractivity contribution in [2.45, 2.75) is 72.6 Å². The number of nitrogens with zero attached hydrogens (tertiary/aromatic N) is 2. The quantitative estimate of drug-likeness (QED) is 0.0504. The zero-order valence-corrected chi connectivity index (χ0v) is 32.0. The first-order valence-corrected chi connectivity index (χ1v) is 18.2. The predicted octanol–water partition coefficient (Wildman–Crippen LogP) is 4.45. The van der Waals surface area contributed by atoms with Gasteiger partial charge in [-0.25, -0.2) is 6.57 Å². The van der Waals surface area contributed by atoms with E-state index in [4.69, 9.17) is 63.9 Å². The molecule has 0 N–H and O–H groups in total. The summed E-state index contributed by atoms with van der Waals surface area (Å²) in [7, 11) is 0. The van der Waals surface area contributed by atoms with Gasteiger partial charge < -0.3 is 57.0 Å². The largest absolute Gasteiger partial charge is 0.466 e. The van der Waals surface area contributed by atoms with E-state index in [0.29, 0.717) is 132 Å². The van der Waals surface area contributed by atoms with Crippen LogP contribution in [0.4, 0.5) is 0 Å². The number of rotatable bonds is 36. The summed E-state index contributed by atoms with van der Waals surface area (Å²) in [6.07, 6.45) is 5.58. The maximum absolute atomic E-state index is 11.0. The van der Waals surface area contributed by atoms with Gasteiger partial charge in [-0.3, -0.25) is 9.59 Å². The van der Waals surface area contributed by atoms with E-state index in [9.17, 15) is 9.59 Å². The van der Waals surface area contributed by atoms with Gasteiger partial charge in [0, 0.05) is 13.2 Å². The summed E-state index contributed by atoms with van der Waals surface area (Å²) in [5, 5.41) is 8.21. The van der Waals surface area contributed by atoms with Crippen LogP contribution in [-0.2, 0) is 61.7 Å². The van der Waals surface area contributed by atoms with E-state index in [0.717, 1.165) is 26.1 Å². The van der Waals surface area contributed by atoms with Gasteiger partial charge in [-0.15, -0.1) is 0 Å². The molecule has 0 saturated heterocycles. The lowest BCUT2D eigenvalue weighted by atomic mass is 10.4. The third-order valence-electron chi connectivity index (χ3n) is 5.73. The standard InChI is InChI=1S/C14H26O7.C12H26O3.C10H16N2O3/c1-3-20-13(15)5-7-17-9-11-19-12-10-18-8-6-14(16)21-4-2;1-3-5-7-13-9-11-15-12-10-14-8-6-4-2;1-12-4-6-14-8-10-15-9-7-13-5-2-3-11/h3-12H2,1-2H3;3-12H2,1-2H3;2,4-10H2. The second-order valence-corrected chi connectivity index (χ2v) is 10.1. The van der Waals surface area contributed by atoms with Crippen LogP contribution in [0.2, 0.25) is 0 Å². The van der Waals surface area contributed by atoms with E-state index < -0.39 is 0 Å². The zero-order valence-electron chi connectivity index (χ0n) is 32.0. The molecule has 0 rings (SSSR count). The summed E-state index contributed by atoms with van der Waals surface area (Å²) < 4.78 is 56.6. The maximum atomic E-state index is 11.0. The first kappa shape index (κ1) is 52.9. The molecular weight excluding hydrogens is 668 g/mol. The van der Waals surface area contributed by atoms with Gasteiger partial charge in [0.1, 0.15) is 6.61 Å². The van der Waals surface area contributed by atoms with Crippen molar-refractivity contribution in [1.29, 1.82) is 5.26 Å². The zero-order chi connectivity index (χ0) is 38.1. The molecule has 15 heteroatoms. The minimum absolute atomic E-state index is 0.255. The molecule has 0 aromatic heterocycles. The van der Waals surface area contributed by atoms with Gasteiger partial charge in [-0.1, -0.05) is 26.7 Å². The van der Waals surface area contributed by atoms with Crippen molar-refractivity contribution in [3.8, 4) is 6.07 Å². The van der Waals surface area contributed by atoms with Gasteiger partial charge in [0.2, 0.25) is 6.54 Å². The summed E-state index contributed by atoms with van der Waals surface area (Å²) in [5.41, 5.74) is 0. The van der Waals surface area contributed by atoms with Crippen LogP contribution in [-0.4, -0.2) is 151 Å². The number of nitriles is 1. The number of hydrogen-bond acceptors (Lipinski definition) is 14. The highest BCUT2D eigenvalue weighted by atomic mass is 16.6. The van der Waals surface area contributed by atoms with Crippen molar-refractivity contribution in [1.82, 2.24) is 0 Å². The van der Waals surface area contributed by atoms with Crippen LogP contribution in [0.3, 0.4) is 0 Å². The van der Waals surface area contributed by atoms with Crippen LogP contribution in [0.5, 0.6) is 0 Å². The molecule has 51 heavy (non-hydrogen) atoms. The van der Waals surface area contributed by atoms with Gasteiger partial charge in [-0.05, 0) is 26.7 Å². The molecule has 300 valence electrons. The van der Waals surface area contributed by atoms with E-state index in [2.05, 4.69) is 18.7 Å². The molecule has 0 amide bonds. The average Bonchev–Trinajstić information content (AvgIpc) is 3.12. The predicted molar refractivity (Wildman–Crippen MR) is 191 cm³/mol. The molecule has 0 aromatic carbocycles. The fraction of sp³-hybridized carbons (Fsp3) is 0.889. The SMILES string of the molecule is CCCCOCCOCCOCCCC.CCOC(=O)CCOCCOCCOCCC(=O)OCC.[C-]#[N+]CCOCCOCCOCCC#N. The number of ether oxygens (including phenoxy) is 11. The lowest BCUT2D eigenvalue weighted by Gasteiger charge is -2.06. The lowest BCUT2D eigenvalue weighted by Crippen LogP contribution is -2.13. The van der Waals surface area contributed by atoms with Crippen molar-refractivity contribution in [3.05, 3.63) is 11.4 Å². The molecule has 0 fully saturated rings. The fourth-order valence-electron chi connectivity index (χ4n) is 3.12. The van der Waals surface area contributed by atoms with Crippen LogP contribution in [0, 0.1) is 17.9 Å². The van der Waals surface area contributed by atoms with Crippen LogP contribution < -0.4 is 0 Å². The van der Waals surface area contributed by atoms with Crippen LogP contribution in [0.15, 0.2) is 0 Å². The Morgan fingerprint density at radius 2 is 0.804 bits per heavy atom. The van der Waals surface area contributed by atoms with Crippen molar-refractivity contribution in [3.63, 3.8) is 0 Å². The Morgan fingerprint density at radius 3 is 1.12 bits per heavy atom. The number of hydrogen-bond donors (Lipinski definition) is 0. The molecular formula is C36H68N2O13.